The van der Waals surface area contributed by atoms with E-state index >= 15 is 0 Å². The summed E-state index contributed by atoms with van der Waals surface area (Å²) in [6.45, 7) is 3.99. The van der Waals surface area contributed by atoms with Crippen molar-refractivity contribution in [2.75, 3.05) is 0 Å². The second-order valence-electron chi connectivity index (χ2n) is 4.04. The van der Waals surface area contributed by atoms with Crippen LogP contribution in [0.15, 0.2) is 12.2 Å². The van der Waals surface area contributed by atoms with Gasteiger partial charge in [0.15, 0.2) is 0 Å². The first-order chi connectivity index (χ1) is 5.77. The molecule has 2 fully saturated rings. The highest BCUT2D eigenvalue weighted by atomic mass is 35.5. The van der Waals surface area contributed by atoms with E-state index in [9.17, 15) is 0 Å². The van der Waals surface area contributed by atoms with Gasteiger partial charge in [-0.15, -0.1) is 11.6 Å². The van der Waals surface area contributed by atoms with Gasteiger partial charge >= 0.3 is 0 Å². The molecule has 1 aliphatic carbocycles. The first kappa shape index (κ1) is 8.58. The lowest BCUT2D eigenvalue weighted by atomic mass is 9.78. The third kappa shape index (κ3) is 1.53. The number of alkyl halides is 1. The van der Waals surface area contributed by atoms with Crippen LogP contribution in [0.1, 0.15) is 32.1 Å². The van der Waals surface area contributed by atoms with Crippen molar-refractivity contribution in [3.8, 4) is 0 Å². The van der Waals surface area contributed by atoms with Gasteiger partial charge in [-0.05, 0) is 30.8 Å². The maximum atomic E-state index is 6.08. The first-order valence-corrected chi connectivity index (χ1v) is 5.29. The van der Waals surface area contributed by atoms with Gasteiger partial charge in [-0.25, -0.2) is 0 Å². The smallest absolute Gasteiger partial charge is 0.104 e. The van der Waals surface area contributed by atoms with E-state index in [0.717, 1.165) is 12.3 Å². The summed E-state index contributed by atoms with van der Waals surface area (Å²) in [6.07, 6.45) is 6.57. The van der Waals surface area contributed by atoms with Crippen LogP contribution in [-0.2, 0) is 0 Å². The molecule has 1 saturated carbocycles. The zero-order valence-corrected chi connectivity index (χ0v) is 8.11. The van der Waals surface area contributed by atoms with Crippen LogP contribution in [0.5, 0.6) is 0 Å². The average molecular weight is 186 g/mol. The van der Waals surface area contributed by atoms with E-state index < -0.39 is 0 Å². The lowest BCUT2D eigenvalue weighted by Crippen LogP contribution is -2.47. The molecule has 3 atom stereocenters. The van der Waals surface area contributed by atoms with Crippen molar-refractivity contribution in [1.29, 1.82) is 0 Å². The van der Waals surface area contributed by atoms with Crippen LogP contribution in [0.25, 0.3) is 0 Å². The van der Waals surface area contributed by atoms with Crippen LogP contribution in [0.3, 0.4) is 0 Å². The van der Waals surface area contributed by atoms with Crippen molar-refractivity contribution < 1.29 is 0 Å². The van der Waals surface area contributed by atoms with Crippen LogP contribution in [-0.4, -0.2) is 11.5 Å². The molecule has 2 heteroatoms. The van der Waals surface area contributed by atoms with Gasteiger partial charge in [-0.1, -0.05) is 19.4 Å². The summed E-state index contributed by atoms with van der Waals surface area (Å²) in [7, 11) is 0. The predicted octanol–water partition coefficient (Wildman–Crippen LogP) is 2.66. The fraction of sp³-hybridized carbons (Fsp3) is 0.800. The molecule has 1 saturated heterocycles. The second-order valence-corrected chi connectivity index (χ2v) is 4.48. The molecular formula is C10H16ClN. The van der Waals surface area contributed by atoms with Crippen LogP contribution >= 0.6 is 11.6 Å². The van der Waals surface area contributed by atoms with E-state index in [1.54, 1.807) is 0 Å². The highest BCUT2D eigenvalue weighted by Crippen LogP contribution is 2.34. The third-order valence-electron chi connectivity index (χ3n) is 3.15. The van der Waals surface area contributed by atoms with Crippen LogP contribution < -0.4 is 5.32 Å². The molecule has 0 aromatic carbocycles. The number of fused-ring (bicyclic) bond motifs is 1. The molecule has 0 aromatic heterocycles. The SMILES string of the molecule is C=C1CC2CCCCC2NC1Cl. The Morgan fingerprint density at radius 1 is 1.33 bits per heavy atom. The zero-order valence-electron chi connectivity index (χ0n) is 7.35. The molecule has 0 bridgehead atoms. The van der Waals surface area contributed by atoms with Gasteiger partial charge in [0, 0.05) is 6.04 Å². The molecule has 0 radical (unpaired) electrons. The topological polar surface area (TPSA) is 12.0 Å². The Labute approximate surface area is 79.2 Å². The zero-order chi connectivity index (χ0) is 8.55. The Morgan fingerprint density at radius 2 is 2.08 bits per heavy atom. The maximum absolute atomic E-state index is 6.08. The minimum atomic E-state index is 0.0318. The molecule has 1 heterocycles. The van der Waals surface area contributed by atoms with Gasteiger partial charge in [0.05, 0.1) is 0 Å². The van der Waals surface area contributed by atoms with Crippen molar-refractivity contribution in [2.24, 2.45) is 5.92 Å². The lowest BCUT2D eigenvalue weighted by molar-refractivity contribution is 0.233. The van der Waals surface area contributed by atoms with E-state index in [0.29, 0.717) is 6.04 Å². The quantitative estimate of drug-likeness (QED) is 0.348. The largest absolute Gasteiger partial charge is 0.295 e. The molecule has 0 spiro atoms. The fourth-order valence-electron chi connectivity index (χ4n) is 2.42. The Hall–Kier alpha value is -0.0100. The van der Waals surface area contributed by atoms with Crippen molar-refractivity contribution in [3.63, 3.8) is 0 Å². The summed E-state index contributed by atoms with van der Waals surface area (Å²) in [5.41, 5.74) is 1.21. The van der Waals surface area contributed by atoms with Crippen LogP contribution in [0.2, 0.25) is 0 Å². The van der Waals surface area contributed by atoms with Crippen LogP contribution in [0, 0.1) is 5.92 Å². The number of nitrogens with one attached hydrogen (secondary N) is 1. The molecule has 12 heavy (non-hydrogen) atoms. The molecule has 0 amide bonds. The standard InChI is InChI=1S/C10H16ClN/c1-7-6-8-4-2-3-5-9(8)12-10(7)11/h8-10,12H,1-6H2. The molecule has 1 aliphatic heterocycles. The first-order valence-electron chi connectivity index (χ1n) is 4.85. The number of halogens is 1. The summed E-state index contributed by atoms with van der Waals surface area (Å²) >= 11 is 6.08. The minimum Gasteiger partial charge on any atom is -0.295 e. The van der Waals surface area contributed by atoms with Crippen molar-refractivity contribution in [2.45, 2.75) is 43.6 Å². The third-order valence-corrected chi connectivity index (χ3v) is 3.59. The van der Waals surface area contributed by atoms with E-state index in [-0.39, 0.29) is 5.50 Å². The Balaban J connectivity index is 2.02. The van der Waals surface area contributed by atoms with E-state index in [1.165, 1.54) is 31.3 Å². The van der Waals surface area contributed by atoms with Crippen molar-refractivity contribution >= 4 is 11.6 Å². The normalized spacial score (nSPS) is 42.4. The Bertz CT molecular complexity index is 190. The minimum absolute atomic E-state index is 0.0318. The highest BCUT2D eigenvalue weighted by Gasteiger charge is 2.32. The van der Waals surface area contributed by atoms with E-state index in [4.69, 9.17) is 11.6 Å². The summed E-state index contributed by atoms with van der Waals surface area (Å²) in [5, 5.41) is 3.43. The van der Waals surface area contributed by atoms with Gasteiger partial charge < -0.3 is 0 Å². The van der Waals surface area contributed by atoms with Gasteiger partial charge in [0.25, 0.3) is 0 Å². The van der Waals surface area contributed by atoms with Gasteiger partial charge in [-0.3, -0.25) is 5.32 Å². The average Bonchev–Trinajstić information content (AvgIpc) is 2.07. The monoisotopic (exact) mass is 185 g/mol. The molecular weight excluding hydrogens is 170 g/mol. The summed E-state index contributed by atoms with van der Waals surface area (Å²) in [5.74, 6) is 0.821. The molecule has 1 N–H and O–H groups in total. The highest BCUT2D eigenvalue weighted by molar-refractivity contribution is 6.22. The Morgan fingerprint density at radius 3 is 2.92 bits per heavy atom. The number of rotatable bonds is 0. The summed E-state index contributed by atoms with van der Waals surface area (Å²) in [4.78, 5) is 0. The Kier molecular flexibility index (Phi) is 2.42. The number of piperidine rings is 1. The van der Waals surface area contributed by atoms with E-state index in [1.807, 2.05) is 0 Å². The number of hydrogen-bond acceptors (Lipinski definition) is 1. The molecule has 2 rings (SSSR count). The fourth-order valence-corrected chi connectivity index (χ4v) is 2.67. The van der Waals surface area contributed by atoms with Crippen molar-refractivity contribution in [1.82, 2.24) is 5.32 Å². The van der Waals surface area contributed by atoms with Crippen molar-refractivity contribution in [3.05, 3.63) is 12.2 Å². The van der Waals surface area contributed by atoms with Gasteiger partial charge in [-0.2, -0.15) is 0 Å². The molecule has 1 nitrogen and oxygen atoms in total. The predicted molar refractivity (Wildman–Crippen MR) is 52.3 cm³/mol. The summed E-state index contributed by atoms with van der Waals surface area (Å²) < 4.78 is 0. The molecule has 0 aromatic rings. The van der Waals surface area contributed by atoms with Gasteiger partial charge in [0.1, 0.15) is 5.50 Å². The molecule has 68 valence electrons. The number of hydrogen-bond donors (Lipinski definition) is 1. The second kappa shape index (κ2) is 3.39. The lowest BCUT2D eigenvalue weighted by Gasteiger charge is -2.39. The van der Waals surface area contributed by atoms with Crippen LogP contribution in [0.4, 0.5) is 0 Å². The molecule has 2 aliphatic rings. The summed E-state index contributed by atoms with van der Waals surface area (Å²) in [6, 6.07) is 0.673. The van der Waals surface area contributed by atoms with Gasteiger partial charge in [0.2, 0.25) is 0 Å². The van der Waals surface area contributed by atoms with E-state index in [2.05, 4.69) is 11.9 Å². The maximum Gasteiger partial charge on any atom is 0.104 e. The molecule has 3 unspecified atom stereocenters.